The molecule has 0 aliphatic carbocycles. The molecule has 24 heavy (non-hydrogen) atoms. The van der Waals surface area contributed by atoms with Crippen molar-refractivity contribution in [2.24, 2.45) is 0 Å². The van der Waals surface area contributed by atoms with Crippen molar-refractivity contribution in [2.75, 3.05) is 26.2 Å². The third-order valence-corrected chi connectivity index (χ3v) is 3.59. The summed E-state index contributed by atoms with van der Waals surface area (Å²) in [5, 5.41) is 3.08. The maximum absolute atomic E-state index is 12.1. The lowest BCUT2D eigenvalue weighted by Crippen LogP contribution is -2.54. The van der Waals surface area contributed by atoms with Gasteiger partial charge in [0.1, 0.15) is 5.60 Å². The summed E-state index contributed by atoms with van der Waals surface area (Å²) >= 11 is 0. The van der Waals surface area contributed by atoms with Gasteiger partial charge in [0.05, 0.1) is 0 Å². The molecule has 1 atom stereocenters. The van der Waals surface area contributed by atoms with Gasteiger partial charge in [0.15, 0.2) is 0 Å². The van der Waals surface area contributed by atoms with E-state index < -0.39 is 11.9 Å². The number of nitrogens with zero attached hydrogens (tertiary/aromatic N) is 3. The first-order valence-corrected chi connectivity index (χ1v) is 8.00. The van der Waals surface area contributed by atoms with Gasteiger partial charge in [-0.2, -0.15) is 9.90 Å². The number of benzene rings is 1. The highest BCUT2D eigenvalue weighted by Crippen LogP contribution is 2.28. The SMILES string of the molecule is CC(C)(C)OC(=O)N1CCN(N2OOC(c3ccccc3)O2)CC1. The standard InChI is InChI=1S/C16H23N3O5/c1-16(2,3)21-15(20)17-9-11-18(12-10-17)19-22-14(23-24-19)13-7-5-4-6-8-13/h4-8,14H,9-12H2,1-3H3. The van der Waals surface area contributed by atoms with Crippen molar-refractivity contribution in [2.45, 2.75) is 32.7 Å². The van der Waals surface area contributed by atoms with Crippen molar-refractivity contribution in [1.82, 2.24) is 15.2 Å². The Labute approximate surface area is 141 Å². The van der Waals surface area contributed by atoms with E-state index in [2.05, 4.69) is 0 Å². The van der Waals surface area contributed by atoms with Crippen LogP contribution in [-0.2, 0) is 19.5 Å². The Hall–Kier alpha value is -1.71. The van der Waals surface area contributed by atoms with Gasteiger partial charge in [-0.05, 0) is 20.8 Å². The number of carbonyl (C=O) groups is 1. The van der Waals surface area contributed by atoms with Crippen molar-refractivity contribution >= 4 is 6.09 Å². The number of amides is 1. The second-order valence-corrected chi connectivity index (χ2v) is 6.68. The van der Waals surface area contributed by atoms with E-state index in [1.165, 1.54) is 5.34 Å². The molecule has 2 aliphatic rings. The van der Waals surface area contributed by atoms with Crippen LogP contribution in [0.2, 0.25) is 0 Å². The summed E-state index contributed by atoms with van der Waals surface area (Å²) in [4.78, 5) is 29.7. The number of hydrogen-bond donors (Lipinski definition) is 0. The highest BCUT2D eigenvalue weighted by Gasteiger charge is 2.35. The highest BCUT2D eigenvalue weighted by molar-refractivity contribution is 5.68. The minimum Gasteiger partial charge on any atom is -0.444 e. The third-order valence-electron chi connectivity index (χ3n) is 3.59. The lowest BCUT2D eigenvalue weighted by molar-refractivity contribution is -0.486. The number of rotatable bonds is 2. The molecule has 2 heterocycles. The van der Waals surface area contributed by atoms with Gasteiger partial charge in [0.2, 0.25) is 6.29 Å². The van der Waals surface area contributed by atoms with E-state index in [0.717, 1.165) is 5.56 Å². The van der Waals surface area contributed by atoms with Crippen LogP contribution >= 0.6 is 0 Å². The van der Waals surface area contributed by atoms with Crippen LogP contribution in [-0.4, -0.2) is 53.1 Å². The first-order valence-electron chi connectivity index (χ1n) is 8.00. The van der Waals surface area contributed by atoms with Crippen molar-refractivity contribution < 1.29 is 24.2 Å². The Morgan fingerprint density at radius 1 is 1.12 bits per heavy atom. The van der Waals surface area contributed by atoms with E-state index in [-0.39, 0.29) is 6.09 Å². The maximum Gasteiger partial charge on any atom is 0.410 e. The number of hydrazine groups is 1. The molecule has 2 saturated heterocycles. The fourth-order valence-corrected chi connectivity index (χ4v) is 2.40. The van der Waals surface area contributed by atoms with Gasteiger partial charge >= 0.3 is 6.09 Å². The maximum atomic E-state index is 12.1. The van der Waals surface area contributed by atoms with Crippen LogP contribution in [0.4, 0.5) is 4.79 Å². The van der Waals surface area contributed by atoms with E-state index in [1.807, 2.05) is 56.1 Å². The van der Waals surface area contributed by atoms with Crippen molar-refractivity contribution in [3.05, 3.63) is 35.9 Å². The molecule has 0 bridgehead atoms. The number of hydrogen-bond acceptors (Lipinski definition) is 7. The molecule has 2 aliphatic heterocycles. The molecule has 0 spiro atoms. The Kier molecular flexibility index (Phi) is 5.02. The van der Waals surface area contributed by atoms with Crippen molar-refractivity contribution in [1.29, 1.82) is 0 Å². The predicted octanol–water partition coefficient (Wildman–Crippen LogP) is 2.26. The first-order chi connectivity index (χ1) is 11.4. The van der Waals surface area contributed by atoms with Gasteiger partial charge < -0.3 is 9.64 Å². The van der Waals surface area contributed by atoms with Crippen LogP contribution in [0.3, 0.4) is 0 Å². The van der Waals surface area contributed by atoms with Gasteiger partial charge in [-0.15, -0.1) is 0 Å². The van der Waals surface area contributed by atoms with Crippen molar-refractivity contribution in [3.63, 3.8) is 0 Å². The Bertz CT molecular complexity index is 555. The largest absolute Gasteiger partial charge is 0.444 e. The molecule has 1 aromatic carbocycles. The molecule has 1 unspecified atom stereocenters. The zero-order valence-electron chi connectivity index (χ0n) is 14.2. The molecule has 0 radical (unpaired) electrons. The average Bonchev–Trinajstić information content (AvgIpc) is 3.04. The van der Waals surface area contributed by atoms with Crippen LogP contribution in [0.1, 0.15) is 32.6 Å². The second kappa shape index (κ2) is 7.04. The normalized spacial score (nSPS) is 23.5. The lowest BCUT2D eigenvalue weighted by Gasteiger charge is -2.36. The van der Waals surface area contributed by atoms with Crippen LogP contribution in [0.25, 0.3) is 0 Å². The van der Waals surface area contributed by atoms with Gasteiger partial charge in [-0.3, -0.25) is 0 Å². The summed E-state index contributed by atoms with van der Waals surface area (Å²) in [6.07, 6.45) is -0.904. The molecule has 132 valence electrons. The Morgan fingerprint density at radius 2 is 1.79 bits per heavy atom. The smallest absolute Gasteiger partial charge is 0.410 e. The fraction of sp³-hybridized carbons (Fsp3) is 0.562. The molecule has 0 aromatic heterocycles. The van der Waals surface area contributed by atoms with Crippen LogP contribution < -0.4 is 0 Å². The molecular weight excluding hydrogens is 314 g/mol. The van der Waals surface area contributed by atoms with Crippen LogP contribution in [0.5, 0.6) is 0 Å². The van der Waals surface area contributed by atoms with Gasteiger partial charge in [0, 0.05) is 37.1 Å². The Balaban J connectivity index is 1.48. The summed E-state index contributed by atoms with van der Waals surface area (Å²) < 4.78 is 5.38. The van der Waals surface area contributed by atoms with Crippen LogP contribution in [0, 0.1) is 0 Å². The summed E-state index contributed by atoms with van der Waals surface area (Å²) in [6.45, 7) is 7.73. The van der Waals surface area contributed by atoms with Gasteiger partial charge in [-0.1, -0.05) is 35.3 Å². The minimum atomic E-state index is -0.602. The Morgan fingerprint density at radius 3 is 2.42 bits per heavy atom. The zero-order valence-corrected chi connectivity index (χ0v) is 14.2. The van der Waals surface area contributed by atoms with E-state index in [4.69, 9.17) is 19.5 Å². The van der Waals surface area contributed by atoms with Gasteiger partial charge in [0.25, 0.3) is 0 Å². The zero-order chi connectivity index (χ0) is 17.2. The molecule has 3 rings (SSSR count). The average molecular weight is 337 g/mol. The number of ether oxygens (including phenoxy) is 1. The first kappa shape index (κ1) is 17.1. The molecule has 1 aromatic rings. The summed E-state index contributed by atoms with van der Waals surface area (Å²) in [5.74, 6) is 0. The topological polar surface area (TPSA) is 63.7 Å². The molecule has 2 fully saturated rings. The summed E-state index contributed by atoms with van der Waals surface area (Å²) in [6, 6.07) is 9.54. The number of carbonyl (C=O) groups excluding carboxylic acids is 1. The van der Waals surface area contributed by atoms with E-state index in [9.17, 15) is 4.79 Å². The fourth-order valence-electron chi connectivity index (χ4n) is 2.40. The van der Waals surface area contributed by atoms with E-state index in [1.54, 1.807) is 4.90 Å². The number of piperazine rings is 1. The molecule has 8 heteroatoms. The van der Waals surface area contributed by atoms with Gasteiger partial charge in [-0.25, -0.2) is 9.63 Å². The third kappa shape index (κ3) is 4.22. The van der Waals surface area contributed by atoms with E-state index in [0.29, 0.717) is 26.2 Å². The quantitative estimate of drug-likeness (QED) is 0.767. The lowest BCUT2D eigenvalue weighted by atomic mass is 10.2. The highest BCUT2D eigenvalue weighted by atomic mass is 17.4. The monoisotopic (exact) mass is 337 g/mol. The summed E-state index contributed by atoms with van der Waals surface area (Å²) in [7, 11) is 0. The molecule has 1 amide bonds. The predicted molar refractivity (Wildman–Crippen MR) is 83.7 cm³/mol. The van der Waals surface area contributed by atoms with E-state index >= 15 is 0 Å². The molecule has 0 N–H and O–H groups in total. The minimum absolute atomic E-state index is 0.302. The van der Waals surface area contributed by atoms with Crippen molar-refractivity contribution in [3.8, 4) is 0 Å². The summed E-state index contributed by atoms with van der Waals surface area (Å²) in [5.41, 5.74) is 0.374. The second-order valence-electron chi connectivity index (χ2n) is 6.68. The molecular formula is C16H23N3O5. The molecule has 8 nitrogen and oxygen atoms in total. The molecule has 0 saturated carbocycles. The van der Waals surface area contributed by atoms with Crippen LogP contribution in [0.15, 0.2) is 30.3 Å².